The molecule has 0 spiro atoms. The largest absolute Gasteiger partial charge is 1.00 e. The van der Waals surface area contributed by atoms with E-state index in [0.717, 1.165) is 80.9 Å². The minimum absolute atomic E-state index is 0. The first-order valence-corrected chi connectivity index (χ1v) is 19.9. The van der Waals surface area contributed by atoms with E-state index in [4.69, 9.17) is 16.3 Å². The van der Waals surface area contributed by atoms with Crippen molar-refractivity contribution in [2.24, 2.45) is 11.8 Å². The quantitative estimate of drug-likeness (QED) is 0.237. The van der Waals surface area contributed by atoms with Gasteiger partial charge in [-0.05, 0) is 124 Å². The van der Waals surface area contributed by atoms with Gasteiger partial charge in [0.25, 0.3) is 11.8 Å². The van der Waals surface area contributed by atoms with Gasteiger partial charge in [0, 0.05) is 48.3 Å². The molecule has 2 aliphatic heterocycles. The van der Waals surface area contributed by atoms with Crippen LogP contribution in [0.1, 0.15) is 86.8 Å². The monoisotopic (exact) mass is 911 g/mol. The summed E-state index contributed by atoms with van der Waals surface area (Å²) in [6, 6.07) is 8.15. The summed E-state index contributed by atoms with van der Waals surface area (Å²) < 4.78 is 7.49. The lowest BCUT2D eigenvalue weighted by molar-refractivity contribution is -0.117. The molecule has 2 aliphatic carbocycles. The molecule has 2 heterocycles. The summed E-state index contributed by atoms with van der Waals surface area (Å²) in [4.78, 5) is 50.3. The Kier molecular flexibility index (Phi) is 15.0. The van der Waals surface area contributed by atoms with Crippen molar-refractivity contribution in [2.75, 3.05) is 28.2 Å². The highest BCUT2D eigenvalue weighted by Gasteiger charge is 2.54. The zero-order chi connectivity index (χ0) is 39.7. The third-order valence-corrected chi connectivity index (χ3v) is 11.8. The van der Waals surface area contributed by atoms with Crippen molar-refractivity contribution in [3.63, 3.8) is 0 Å². The average molecular weight is 915 g/mol. The number of carbonyl (C=O) groups is 4. The summed E-state index contributed by atoms with van der Waals surface area (Å²) in [5.74, 6) is 0.954. The minimum Gasteiger partial charge on any atom is -1.00 e. The first kappa shape index (κ1) is 45.3. The lowest BCUT2D eigenvalue weighted by atomic mass is 9.90. The van der Waals surface area contributed by atoms with E-state index in [2.05, 4.69) is 68.5 Å². The Morgan fingerprint density at radius 1 is 0.796 bits per heavy atom. The van der Waals surface area contributed by atoms with Crippen molar-refractivity contribution < 1.29 is 41.4 Å². The maximum Gasteiger partial charge on any atom is 0.414 e. The van der Waals surface area contributed by atoms with Gasteiger partial charge in [-0.15, -0.1) is 0 Å². The van der Waals surface area contributed by atoms with Crippen LogP contribution in [0.25, 0.3) is 11.1 Å². The zero-order valence-corrected chi connectivity index (χ0v) is 37.3. The molecular formula is C40H51Br2Cl2N4O6-. The van der Waals surface area contributed by atoms with Crippen molar-refractivity contribution in [1.29, 1.82) is 0 Å². The van der Waals surface area contributed by atoms with Crippen LogP contribution in [-0.4, -0.2) is 77.4 Å². The molecule has 0 bridgehead atoms. The van der Waals surface area contributed by atoms with E-state index in [-0.39, 0.29) is 30.0 Å². The number of amides is 4. The Hall–Kier alpha value is -3.06. The van der Waals surface area contributed by atoms with E-state index in [1.54, 1.807) is 28.2 Å². The topological polar surface area (TPSA) is 128 Å². The molecule has 2 aromatic rings. The van der Waals surface area contributed by atoms with Crippen molar-refractivity contribution in [3.05, 3.63) is 78.1 Å². The number of aryl methyl sites for hydroxylation is 4. The van der Waals surface area contributed by atoms with Crippen LogP contribution in [0.15, 0.2) is 44.7 Å². The maximum absolute atomic E-state index is 13.0. The van der Waals surface area contributed by atoms with Crippen molar-refractivity contribution in [3.8, 4) is 0 Å². The second kappa shape index (κ2) is 17.8. The van der Waals surface area contributed by atoms with Crippen LogP contribution >= 0.6 is 43.5 Å². The Balaban J connectivity index is 0.000000252. The van der Waals surface area contributed by atoms with E-state index < -0.39 is 22.5 Å². The summed E-state index contributed by atoms with van der Waals surface area (Å²) in [5.41, 5.74) is 5.73. The lowest BCUT2D eigenvalue weighted by Gasteiger charge is -2.28. The fourth-order valence-electron chi connectivity index (χ4n) is 6.89. The molecule has 2 saturated carbocycles. The molecule has 54 heavy (non-hydrogen) atoms. The van der Waals surface area contributed by atoms with Crippen LogP contribution < -0.4 is 23.0 Å². The number of nitrogens with one attached hydrogen (secondary N) is 2. The molecule has 0 radical (unpaired) electrons. The summed E-state index contributed by atoms with van der Waals surface area (Å²) in [5, 5.41) is 16.4. The van der Waals surface area contributed by atoms with Crippen LogP contribution in [0.5, 0.6) is 0 Å². The highest BCUT2D eigenvalue weighted by atomic mass is 79.9. The zero-order valence-electron chi connectivity index (χ0n) is 32.6. The molecule has 3 N–H and O–H groups in total. The van der Waals surface area contributed by atoms with Crippen molar-refractivity contribution in [2.45, 2.75) is 91.1 Å². The van der Waals surface area contributed by atoms with Gasteiger partial charge < -0.3 is 42.7 Å². The number of hydrogen-bond acceptors (Lipinski definition) is 6. The van der Waals surface area contributed by atoms with E-state index in [9.17, 15) is 24.3 Å². The summed E-state index contributed by atoms with van der Waals surface area (Å²) in [6.45, 7) is 12.1. The molecule has 2 atom stereocenters. The van der Waals surface area contributed by atoms with Gasteiger partial charge in [-0.1, -0.05) is 57.8 Å². The van der Waals surface area contributed by atoms with Gasteiger partial charge in [-0.3, -0.25) is 14.4 Å². The molecule has 296 valence electrons. The Bertz CT molecular complexity index is 1890. The van der Waals surface area contributed by atoms with Gasteiger partial charge >= 0.3 is 11.5 Å². The Labute approximate surface area is 347 Å². The third kappa shape index (κ3) is 9.48. The van der Waals surface area contributed by atoms with Crippen molar-refractivity contribution in [1.82, 2.24) is 20.4 Å². The number of ether oxygens (including phenoxy) is 1. The van der Waals surface area contributed by atoms with Gasteiger partial charge in [-0.25, -0.2) is 4.79 Å². The molecular weight excluding hydrogens is 863 g/mol. The van der Waals surface area contributed by atoms with Gasteiger partial charge in [-0.2, -0.15) is 0 Å². The molecule has 0 aromatic heterocycles. The third-order valence-electron chi connectivity index (χ3n) is 10.2. The molecule has 14 heteroatoms. The highest BCUT2D eigenvalue weighted by molar-refractivity contribution is 9.10. The van der Waals surface area contributed by atoms with E-state index >= 15 is 0 Å². The van der Waals surface area contributed by atoms with Gasteiger partial charge in [0.15, 0.2) is 0 Å². The molecule has 2 unspecified atom stereocenters. The molecule has 4 aliphatic rings. The predicted octanol–water partition coefficient (Wildman–Crippen LogP) is 5.83. The van der Waals surface area contributed by atoms with Crippen LogP contribution in [0.3, 0.4) is 0 Å². The molecule has 2 fully saturated rings. The Morgan fingerprint density at radius 3 is 1.57 bits per heavy atom. The molecule has 4 amide bonds. The summed E-state index contributed by atoms with van der Waals surface area (Å²) in [6.07, 6.45) is 5.28. The highest BCUT2D eigenvalue weighted by Crippen LogP contribution is 2.51. The number of carbonyl (C=O) groups excluding carboxylic acids is 4. The first-order chi connectivity index (χ1) is 24.7. The lowest BCUT2D eigenvalue weighted by Crippen LogP contribution is -3.00. The normalized spacial score (nSPS) is 21.6. The standard InChI is InChI=1S/C20H25BrN2O3.C17H20BrNO2.C3H6ClNO.ClH/c1-6-12-9-11(2)10-14(21)15(12)16-17(26-19(25)23(4)5)20(3,13-7-8-13)22-18(16)24;1-4-10-7-9(2)8-12(18)13(10)14-15(20)17(3,11-5-6-11)19-16(14)21;1-5(2)3(4)6;/h9-10,13H,6-8H2,1-5H3,(H,22,24);7-8,11,20H,4-6H2,1-3H3,(H,19,21);1-2H3;1H/p-1. The Morgan fingerprint density at radius 2 is 1.19 bits per heavy atom. The molecule has 6 rings (SSSR count). The van der Waals surface area contributed by atoms with Crippen LogP contribution in [0.4, 0.5) is 9.59 Å². The number of aliphatic hydroxyl groups is 1. The number of benzene rings is 2. The van der Waals surface area contributed by atoms with Crippen LogP contribution in [0.2, 0.25) is 0 Å². The molecule has 10 nitrogen and oxygen atoms in total. The first-order valence-electron chi connectivity index (χ1n) is 17.9. The average Bonchev–Trinajstić information content (AvgIpc) is 3.99. The summed E-state index contributed by atoms with van der Waals surface area (Å²) in [7, 11) is 6.46. The predicted molar refractivity (Wildman–Crippen MR) is 217 cm³/mol. The van der Waals surface area contributed by atoms with Crippen LogP contribution in [-0.2, 0) is 27.2 Å². The number of aliphatic hydroxyl groups excluding tert-OH is 1. The van der Waals surface area contributed by atoms with Gasteiger partial charge in [0.1, 0.15) is 11.5 Å². The number of nitrogens with zero attached hydrogens (tertiary/aromatic N) is 2. The van der Waals surface area contributed by atoms with Gasteiger partial charge in [0.2, 0.25) is 0 Å². The fraction of sp³-hybridized carbons (Fsp3) is 0.500. The number of rotatable bonds is 7. The smallest absolute Gasteiger partial charge is 0.414 e. The minimum atomic E-state index is -0.645. The van der Waals surface area contributed by atoms with E-state index in [1.807, 2.05) is 39.8 Å². The second-order valence-electron chi connectivity index (χ2n) is 15.0. The van der Waals surface area contributed by atoms with Crippen molar-refractivity contribution >= 4 is 77.9 Å². The SMILES string of the molecule is CCc1cc(C)cc(Br)c1C1=C(O)C(C)(C2CC2)NC1=O.CCc1cc(C)cc(Br)c1C1=C(OC(=O)N(C)C)C(C)(C2CC2)NC1=O.CN(C)C(=O)Cl.[Cl-]. The fourth-order valence-corrected chi connectivity index (χ4v) is 8.52. The maximum atomic E-state index is 13.0. The van der Waals surface area contributed by atoms with Gasteiger partial charge in [0.05, 0.1) is 22.2 Å². The second-order valence-corrected chi connectivity index (χ2v) is 17.0. The molecule has 0 saturated heterocycles. The molecule has 2 aromatic carbocycles. The summed E-state index contributed by atoms with van der Waals surface area (Å²) >= 11 is 12.1. The number of halogens is 4. The van der Waals surface area contributed by atoms with E-state index in [0.29, 0.717) is 28.7 Å². The van der Waals surface area contributed by atoms with Crippen LogP contribution in [0, 0.1) is 25.7 Å². The van der Waals surface area contributed by atoms with E-state index in [1.165, 1.54) is 9.80 Å². The number of hydrogen-bond donors (Lipinski definition) is 3.